The molecule has 13 heavy (non-hydrogen) atoms. The Morgan fingerprint density at radius 2 is 2.54 bits per heavy atom. The van der Waals surface area contributed by atoms with Crippen molar-refractivity contribution in [1.82, 2.24) is 9.78 Å². The van der Waals surface area contributed by atoms with Gasteiger partial charge in [-0.25, -0.2) is 0 Å². The summed E-state index contributed by atoms with van der Waals surface area (Å²) in [5, 5.41) is 4.32. The molecule has 0 aromatic carbocycles. The van der Waals surface area contributed by atoms with Crippen LogP contribution in [0.4, 0.5) is 0 Å². The monoisotopic (exact) mass is 203 g/mol. The number of rotatable bonds is 1. The molecular weight excluding hydrogens is 190 g/mol. The minimum absolute atomic E-state index is 0. The molecule has 2 N–H and O–H groups in total. The molecule has 0 bridgehead atoms. The van der Waals surface area contributed by atoms with E-state index in [-0.39, 0.29) is 18.5 Å². The second kappa shape index (κ2) is 4.09. The Labute approximate surface area is 83.5 Å². The minimum atomic E-state index is 0. The highest BCUT2D eigenvalue weighted by Crippen LogP contribution is 2.23. The first-order valence-electron chi connectivity index (χ1n) is 4.15. The first-order chi connectivity index (χ1) is 5.81. The molecule has 0 saturated carbocycles. The lowest BCUT2D eigenvalue weighted by atomic mass is 10.1. The number of nitrogens with two attached hydrogens (primary N) is 1. The third-order valence-corrected chi connectivity index (χ3v) is 2.15. The van der Waals surface area contributed by atoms with Gasteiger partial charge in [0.2, 0.25) is 0 Å². The van der Waals surface area contributed by atoms with Crippen molar-refractivity contribution in [1.29, 1.82) is 0 Å². The average Bonchev–Trinajstić information content (AvgIpc) is 2.44. The number of halogens is 1. The van der Waals surface area contributed by atoms with Gasteiger partial charge in [-0.1, -0.05) is 0 Å². The summed E-state index contributed by atoms with van der Waals surface area (Å²) in [7, 11) is 1.92. The molecule has 1 atom stereocenters. The topological polar surface area (TPSA) is 53.1 Å². The predicted molar refractivity (Wildman–Crippen MR) is 51.9 cm³/mol. The molecular formula is C8H14ClN3O. The Bertz CT molecular complexity index is 287. The fraction of sp³-hybridized carbons (Fsp3) is 0.625. The van der Waals surface area contributed by atoms with Crippen molar-refractivity contribution >= 4 is 12.4 Å². The van der Waals surface area contributed by atoms with Crippen LogP contribution < -0.4 is 5.73 Å². The van der Waals surface area contributed by atoms with E-state index in [1.807, 2.05) is 17.9 Å². The summed E-state index contributed by atoms with van der Waals surface area (Å²) < 4.78 is 7.29. The van der Waals surface area contributed by atoms with Crippen molar-refractivity contribution < 1.29 is 4.74 Å². The van der Waals surface area contributed by atoms with E-state index in [2.05, 4.69) is 5.10 Å². The van der Waals surface area contributed by atoms with Crippen LogP contribution >= 0.6 is 12.4 Å². The smallest absolute Gasteiger partial charge is 0.114 e. The lowest BCUT2D eigenvalue weighted by Crippen LogP contribution is -2.22. The second-order valence-corrected chi connectivity index (χ2v) is 3.06. The summed E-state index contributed by atoms with van der Waals surface area (Å²) in [6.45, 7) is 1.28. The first-order valence-corrected chi connectivity index (χ1v) is 4.15. The van der Waals surface area contributed by atoms with Crippen molar-refractivity contribution in [3.05, 3.63) is 17.5 Å². The number of nitrogens with zero attached hydrogens (tertiary/aromatic N) is 2. The summed E-state index contributed by atoms with van der Waals surface area (Å²) in [5.74, 6) is 0. The van der Waals surface area contributed by atoms with Crippen LogP contribution in [0.2, 0.25) is 0 Å². The molecule has 1 unspecified atom stereocenters. The van der Waals surface area contributed by atoms with E-state index in [9.17, 15) is 0 Å². The lowest BCUT2D eigenvalue weighted by molar-refractivity contribution is 0.0455. The van der Waals surface area contributed by atoms with Gasteiger partial charge in [0.15, 0.2) is 0 Å². The number of fused-ring (bicyclic) bond motifs is 1. The largest absolute Gasteiger partial charge is 0.370 e. The number of aromatic nitrogens is 2. The van der Waals surface area contributed by atoms with Crippen LogP contribution in [0.1, 0.15) is 17.4 Å². The highest BCUT2D eigenvalue weighted by Gasteiger charge is 2.22. The van der Waals surface area contributed by atoms with Crippen LogP contribution in [-0.2, 0) is 18.2 Å². The third-order valence-electron chi connectivity index (χ3n) is 2.15. The van der Waals surface area contributed by atoms with Gasteiger partial charge < -0.3 is 10.5 Å². The van der Waals surface area contributed by atoms with E-state index in [1.165, 1.54) is 5.56 Å². The van der Waals surface area contributed by atoms with Crippen LogP contribution in [-0.4, -0.2) is 22.9 Å². The molecule has 0 spiro atoms. The fourth-order valence-corrected chi connectivity index (χ4v) is 1.59. The summed E-state index contributed by atoms with van der Waals surface area (Å²) in [5.41, 5.74) is 7.85. The van der Waals surface area contributed by atoms with Crippen molar-refractivity contribution in [2.75, 3.05) is 13.2 Å². The van der Waals surface area contributed by atoms with Gasteiger partial charge in [0, 0.05) is 19.8 Å². The Hall–Kier alpha value is -0.580. The molecule has 0 fully saturated rings. The Morgan fingerprint density at radius 1 is 1.77 bits per heavy atom. The van der Waals surface area contributed by atoms with E-state index in [1.54, 1.807) is 0 Å². The summed E-state index contributed by atoms with van der Waals surface area (Å²) in [6.07, 6.45) is 3.01. The molecule has 0 amide bonds. The Kier molecular flexibility index (Phi) is 3.30. The van der Waals surface area contributed by atoms with Crippen LogP contribution in [0.3, 0.4) is 0 Å². The van der Waals surface area contributed by atoms with Gasteiger partial charge in [-0.05, 0) is 12.0 Å². The van der Waals surface area contributed by atoms with Crippen LogP contribution in [0.5, 0.6) is 0 Å². The molecule has 0 aliphatic carbocycles. The molecule has 5 heteroatoms. The van der Waals surface area contributed by atoms with Gasteiger partial charge in [-0.3, -0.25) is 4.68 Å². The zero-order chi connectivity index (χ0) is 8.55. The molecule has 2 heterocycles. The average molecular weight is 204 g/mol. The first kappa shape index (κ1) is 10.5. The standard InChI is InChI=1S/C8H13N3O.ClH/c1-11-5-6-2-3-12-7(4-9)8(6)10-11;/h5,7H,2-4,9H2,1H3;1H. The fourth-order valence-electron chi connectivity index (χ4n) is 1.59. The summed E-state index contributed by atoms with van der Waals surface area (Å²) in [6, 6.07) is 0. The van der Waals surface area contributed by atoms with E-state index in [0.29, 0.717) is 6.54 Å². The molecule has 74 valence electrons. The SMILES string of the molecule is Cl.Cn1cc2c(n1)C(CN)OCC2. The van der Waals surface area contributed by atoms with Gasteiger partial charge in [0.05, 0.1) is 12.3 Å². The molecule has 1 aromatic heterocycles. The molecule has 4 nitrogen and oxygen atoms in total. The molecule has 0 saturated heterocycles. The zero-order valence-corrected chi connectivity index (χ0v) is 8.38. The summed E-state index contributed by atoms with van der Waals surface area (Å²) in [4.78, 5) is 0. The Morgan fingerprint density at radius 3 is 3.23 bits per heavy atom. The van der Waals surface area contributed by atoms with Gasteiger partial charge in [-0.2, -0.15) is 5.10 Å². The lowest BCUT2D eigenvalue weighted by Gasteiger charge is -2.19. The zero-order valence-electron chi connectivity index (χ0n) is 7.56. The van der Waals surface area contributed by atoms with Gasteiger partial charge >= 0.3 is 0 Å². The molecule has 1 aromatic rings. The van der Waals surface area contributed by atoms with Gasteiger partial charge in [-0.15, -0.1) is 12.4 Å². The van der Waals surface area contributed by atoms with Crippen LogP contribution in [0, 0.1) is 0 Å². The maximum Gasteiger partial charge on any atom is 0.114 e. The van der Waals surface area contributed by atoms with E-state index >= 15 is 0 Å². The van der Waals surface area contributed by atoms with E-state index in [4.69, 9.17) is 10.5 Å². The van der Waals surface area contributed by atoms with Crippen LogP contribution in [0.25, 0.3) is 0 Å². The second-order valence-electron chi connectivity index (χ2n) is 3.06. The van der Waals surface area contributed by atoms with Crippen molar-refractivity contribution in [2.24, 2.45) is 12.8 Å². The number of aryl methyl sites for hydroxylation is 1. The minimum Gasteiger partial charge on any atom is -0.370 e. The van der Waals surface area contributed by atoms with Crippen molar-refractivity contribution in [3.8, 4) is 0 Å². The quantitative estimate of drug-likeness (QED) is 0.720. The normalized spacial score (nSPS) is 20.6. The highest BCUT2D eigenvalue weighted by molar-refractivity contribution is 5.85. The van der Waals surface area contributed by atoms with E-state index < -0.39 is 0 Å². The van der Waals surface area contributed by atoms with Gasteiger partial charge in [0.25, 0.3) is 0 Å². The molecule has 1 aliphatic heterocycles. The molecule has 1 aliphatic rings. The highest BCUT2D eigenvalue weighted by atomic mass is 35.5. The van der Waals surface area contributed by atoms with Crippen molar-refractivity contribution in [3.63, 3.8) is 0 Å². The number of hydrogen-bond acceptors (Lipinski definition) is 3. The third kappa shape index (κ3) is 1.85. The van der Waals surface area contributed by atoms with Gasteiger partial charge in [0.1, 0.15) is 6.10 Å². The summed E-state index contributed by atoms with van der Waals surface area (Å²) >= 11 is 0. The van der Waals surface area contributed by atoms with Crippen LogP contribution in [0.15, 0.2) is 6.20 Å². The molecule has 2 rings (SSSR count). The maximum atomic E-state index is 5.55. The number of hydrogen-bond donors (Lipinski definition) is 1. The predicted octanol–water partition coefficient (Wildman–Crippen LogP) is 0.414. The van der Waals surface area contributed by atoms with E-state index in [0.717, 1.165) is 18.7 Å². The Balaban J connectivity index is 0.000000845. The molecule has 0 radical (unpaired) electrons. The maximum absolute atomic E-state index is 5.55. The number of ether oxygens (including phenoxy) is 1. The van der Waals surface area contributed by atoms with Crippen molar-refractivity contribution in [2.45, 2.75) is 12.5 Å².